The standard InChI is InChI=1S/C13H16BrNO2/c1-9-4-5-15(7-9)8-11-3-2-10(13(16)17)6-12(11)14/h2-3,6,9H,4-5,7-8H2,1H3,(H,16,17). The fourth-order valence-corrected chi connectivity index (χ4v) is 2.72. The molecule has 0 saturated carbocycles. The van der Waals surface area contributed by atoms with Gasteiger partial charge in [0.15, 0.2) is 0 Å². The highest BCUT2D eigenvalue weighted by Gasteiger charge is 2.19. The fourth-order valence-electron chi connectivity index (χ4n) is 2.22. The van der Waals surface area contributed by atoms with Gasteiger partial charge < -0.3 is 5.11 Å². The van der Waals surface area contributed by atoms with Gasteiger partial charge in [-0.3, -0.25) is 4.90 Å². The van der Waals surface area contributed by atoms with E-state index in [9.17, 15) is 4.79 Å². The molecule has 17 heavy (non-hydrogen) atoms. The van der Waals surface area contributed by atoms with Gasteiger partial charge in [0.05, 0.1) is 5.56 Å². The number of rotatable bonds is 3. The number of carbonyl (C=O) groups is 1. The molecule has 4 heteroatoms. The van der Waals surface area contributed by atoms with E-state index in [1.165, 1.54) is 6.42 Å². The number of nitrogens with zero attached hydrogens (tertiary/aromatic N) is 1. The summed E-state index contributed by atoms with van der Waals surface area (Å²) in [7, 11) is 0. The van der Waals surface area contributed by atoms with Gasteiger partial charge in [-0.05, 0) is 36.6 Å². The maximum Gasteiger partial charge on any atom is 0.335 e. The molecule has 92 valence electrons. The molecule has 0 aromatic heterocycles. The van der Waals surface area contributed by atoms with Crippen LogP contribution in [-0.4, -0.2) is 29.1 Å². The normalized spacial score (nSPS) is 20.7. The van der Waals surface area contributed by atoms with Gasteiger partial charge in [-0.2, -0.15) is 0 Å². The van der Waals surface area contributed by atoms with E-state index in [-0.39, 0.29) is 0 Å². The Kier molecular flexibility index (Phi) is 3.84. The first-order chi connectivity index (χ1) is 8.06. The average molecular weight is 298 g/mol. The van der Waals surface area contributed by atoms with Gasteiger partial charge in [0, 0.05) is 17.6 Å². The van der Waals surface area contributed by atoms with Crippen LogP contribution in [0, 0.1) is 5.92 Å². The monoisotopic (exact) mass is 297 g/mol. The molecule has 0 aliphatic carbocycles. The minimum absolute atomic E-state index is 0.329. The molecule has 1 aliphatic heterocycles. The summed E-state index contributed by atoms with van der Waals surface area (Å²) in [4.78, 5) is 13.2. The summed E-state index contributed by atoms with van der Waals surface area (Å²) in [5, 5.41) is 8.89. The van der Waals surface area contributed by atoms with Crippen LogP contribution in [0.4, 0.5) is 0 Å². The summed E-state index contributed by atoms with van der Waals surface area (Å²) in [5.41, 5.74) is 1.49. The second-order valence-corrected chi connectivity index (χ2v) is 5.59. The summed E-state index contributed by atoms with van der Waals surface area (Å²) < 4.78 is 0.886. The molecule has 1 saturated heterocycles. The van der Waals surface area contributed by atoms with Crippen molar-refractivity contribution in [3.63, 3.8) is 0 Å². The lowest BCUT2D eigenvalue weighted by Gasteiger charge is -2.16. The van der Waals surface area contributed by atoms with Crippen LogP contribution >= 0.6 is 15.9 Å². The van der Waals surface area contributed by atoms with Gasteiger partial charge in [0.2, 0.25) is 0 Å². The number of aromatic carboxylic acids is 1. The zero-order valence-electron chi connectivity index (χ0n) is 9.82. The summed E-state index contributed by atoms with van der Waals surface area (Å²) in [6.07, 6.45) is 1.25. The van der Waals surface area contributed by atoms with Gasteiger partial charge in [-0.25, -0.2) is 4.79 Å². The first kappa shape index (κ1) is 12.6. The third kappa shape index (κ3) is 3.07. The highest BCUT2D eigenvalue weighted by atomic mass is 79.9. The number of hydrogen-bond acceptors (Lipinski definition) is 2. The van der Waals surface area contributed by atoms with Crippen LogP contribution in [0.1, 0.15) is 29.3 Å². The second-order valence-electron chi connectivity index (χ2n) is 4.74. The highest BCUT2D eigenvalue weighted by Crippen LogP contribution is 2.23. The van der Waals surface area contributed by atoms with Gasteiger partial charge in [0.25, 0.3) is 0 Å². The average Bonchev–Trinajstić information content (AvgIpc) is 2.67. The third-order valence-corrected chi connectivity index (χ3v) is 3.94. The Balaban J connectivity index is 2.09. The maximum absolute atomic E-state index is 10.8. The van der Waals surface area contributed by atoms with Gasteiger partial charge in [0.1, 0.15) is 0 Å². The number of benzene rings is 1. The molecule has 1 atom stereocenters. The van der Waals surface area contributed by atoms with E-state index in [1.807, 2.05) is 6.07 Å². The molecule has 0 spiro atoms. The first-order valence-corrected chi connectivity index (χ1v) is 6.59. The number of likely N-dealkylation sites (tertiary alicyclic amines) is 1. The Bertz CT molecular complexity index is 433. The maximum atomic E-state index is 10.8. The van der Waals surface area contributed by atoms with E-state index in [0.29, 0.717) is 5.56 Å². The first-order valence-electron chi connectivity index (χ1n) is 5.80. The van der Waals surface area contributed by atoms with E-state index in [4.69, 9.17) is 5.11 Å². The van der Waals surface area contributed by atoms with Crippen molar-refractivity contribution in [2.24, 2.45) is 5.92 Å². The molecule has 1 N–H and O–H groups in total. The largest absolute Gasteiger partial charge is 0.478 e. The second kappa shape index (κ2) is 5.19. The van der Waals surface area contributed by atoms with Crippen LogP contribution in [0.5, 0.6) is 0 Å². The van der Waals surface area contributed by atoms with Crippen LogP contribution in [0.15, 0.2) is 22.7 Å². The summed E-state index contributed by atoms with van der Waals surface area (Å²) in [6, 6.07) is 5.25. The minimum atomic E-state index is -0.882. The van der Waals surface area contributed by atoms with E-state index in [2.05, 4.69) is 27.8 Å². The van der Waals surface area contributed by atoms with Crippen molar-refractivity contribution in [1.82, 2.24) is 4.90 Å². The van der Waals surface area contributed by atoms with Crippen LogP contribution < -0.4 is 0 Å². The summed E-state index contributed by atoms with van der Waals surface area (Å²) in [5.74, 6) is -0.112. The van der Waals surface area contributed by atoms with Crippen molar-refractivity contribution < 1.29 is 9.90 Å². The van der Waals surface area contributed by atoms with Crippen molar-refractivity contribution in [2.45, 2.75) is 19.9 Å². The molecule has 2 rings (SSSR count). The van der Waals surface area contributed by atoms with Crippen LogP contribution in [0.2, 0.25) is 0 Å². The lowest BCUT2D eigenvalue weighted by molar-refractivity contribution is 0.0697. The number of carboxylic acids is 1. The van der Waals surface area contributed by atoms with E-state index in [0.717, 1.165) is 35.6 Å². The zero-order valence-corrected chi connectivity index (χ0v) is 11.4. The predicted octanol–water partition coefficient (Wildman–Crippen LogP) is 2.99. The van der Waals surface area contributed by atoms with Crippen LogP contribution in [0.3, 0.4) is 0 Å². The van der Waals surface area contributed by atoms with Crippen LogP contribution in [0.25, 0.3) is 0 Å². The third-order valence-electron chi connectivity index (χ3n) is 3.20. The van der Waals surface area contributed by atoms with E-state index >= 15 is 0 Å². The van der Waals surface area contributed by atoms with Gasteiger partial charge >= 0.3 is 5.97 Å². The molecule has 0 bridgehead atoms. The van der Waals surface area contributed by atoms with Crippen molar-refractivity contribution in [1.29, 1.82) is 0 Å². The Hall–Kier alpha value is -0.870. The topological polar surface area (TPSA) is 40.5 Å². The van der Waals surface area contributed by atoms with Crippen molar-refractivity contribution in [3.8, 4) is 0 Å². The molecule has 1 aromatic carbocycles. The molecular formula is C13H16BrNO2. The quantitative estimate of drug-likeness (QED) is 0.932. The van der Waals surface area contributed by atoms with Crippen molar-refractivity contribution in [3.05, 3.63) is 33.8 Å². The Labute approximate surface area is 110 Å². The molecule has 0 amide bonds. The van der Waals surface area contributed by atoms with Gasteiger partial charge in [-0.15, -0.1) is 0 Å². The summed E-state index contributed by atoms with van der Waals surface area (Å²) in [6.45, 7) is 5.43. The Morgan fingerprint density at radius 2 is 2.35 bits per heavy atom. The number of halogens is 1. The van der Waals surface area contributed by atoms with Crippen molar-refractivity contribution >= 4 is 21.9 Å². The Morgan fingerprint density at radius 3 is 2.88 bits per heavy atom. The van der Waals surface area contributed by atoms with E-state index < -0.39 is 5.97 Å². The highest BCUT2D eigenvalue weighted by molar-refractivity contribution is 9.10. The SMILES string of the molecule is CC1CCN(Cc2ccc(C(=O)O)cc2Br)C1. The fraction of sp³-hybridized carbons (Fsp3) is 0.462. The molecule has 1 heterocycles. The molecule has 3 nitrogen and oxygen atoms in total. The zero-order chi connectivity index (χ0) is 12.4. The molecule has 1 unspecified atom stereocenters. The minimum Gasteiger partial charge on any atom is -0.478 e. The van der Waals surface area contributed by atoms with Crippen molar-refractivity contribution in [2.75, 3.05) is 13.1 Å². The molecule has 0 radical (unpaired) electrons. The predicted molar refractivity (Wildman–Crippen MR) is 70.2 cm³/mol. The molecule has 1 aromatic rings. The number of hydrogen-bond donors (Lipinski definition) is 1. The number of carboxylic acid groups (broad SMARTS) is 1. The van der Waals surface area contributed by atoms with E-state index in [1.54, 1.807) is 12.1 Å². The molecular weight excluding hydrogens is 282 g/mol. The van der Waals surface area contributed by atoms with Gasteiger partial charge in [-0.1, -0.05) is 28.9 Å². The smallest absolute Gasteiger partial charge is 0.335 e. The lowest BCUT2D eigenvalue weighted by Crippen LogP contribution is -2.19. The van der Waals surface area contributed by atoms with Crippen LogP contribution in [-0.2, 0) is 6.54 Å². The summed E-state index contributed by atoms with van der Waals surface area (Å²) >= 11 is 3.45. The molecule has 1 aliphatic rings. The Morgan fingerprint density at radius 1 is 1.59 bits per heavy atom. The lowest BCUT2D eigenvalue weighted by atomic mass is 10.1. The molecule has 1 fully saturated rings.